The predicted molar refractivity (Wildman–Crippen MR) is 96.5 cm³/mol. The number of nitrogens with one attached hydrogen (secondary N) is 3. The van der Waals surface area contributed by atoms with E-state index in [1.165, 1.54) is 17.7 Å². The van der Waals surface area contributed by atoms with Crippen LogP contribution in [0.3, 0.4) is 0 Å². The summed E-state index contributed by atoms with van der Waals surface area (Å²) in [5.74, 6) is 0.394. The maximum Gasteiger partial charge on any atom is 0.325 e. The van der Waals surface area contributed by atoms with Gasteiger partial charge in [-0.1, -0.05) is 12.8 Å². The van der Waals surface area contributed by atoms with Gasteiger partial charge in [0.2, 0.25) is 5.91 Å². The summed E-state index contributed by atoms with van der Waals surface area (Å²) >= 11 is 0. The number of nitrogens with zero attached hydrogens (tertiary/aromatic N) is 1. The fourth-order valence-electron chi connectivity index (χ4n) is 4.08. The number of piperidine rings is 1. The first-order chi connectivity index (χ1) is 11.6. The Hall–Kier alpha value is -1.34. The van der Waals surface area contributed by atoms with E-state index >= 15 is 0 Å². The second-order valence-corrected chi connectivity index (χ2v) is 7.28. The van der Waals surface area contributed by atoms with Crippen LogP contribution in [0.2, 0.25) is 0 Å². The van der Waals surface area contributed by atoms with E-state index in [-0.39, 0.29) is 43.2 Å². The van der Waals surface area contributed by atoms with E-state index in [0.717, 1.165) is 45.2 Å². The van der Waals surface area contributed by atoms with Crippen molar-refractivity contribution >= 4 is 30.3 Å². The maximum absolute atomic E-state index is 12.5. The van der Waals surface area contributed by atoms with Gasteiger partial charge in [0.05, 0.1) is 0 Å². The number of carbonyl (C=O) groups is 3. The third-order valence-corrected chi connectivity index (χ3v) is 5.54. The highest BCUT2D eigenvalue weighted by atomic mass is 35.5. The molecule has 8 heteroatoms. The van der Waals surface area contributed by atoms with E-state index < -0.39 is 5.54 Å². The minimum absolute atomic E-state index is 0. The standard InChI is InChI=1S/C17H28N4O3.ClH/c22-14(19-10-5-13-4-3-9-18-12-13)6-11-21-15(23)17(20-16(21)24)7-1-2-8-17;/h13,18H,1-12H2,(H,19,22)(H,20,24);1H. The topological polar surface area (TPSA) is 90.5 Å². The first-order valence-electron chi connectivity index (χ1n) is 9.22. The van der Waals surface area contributed by atoms with Crippen LogP contribution in [0.15, 0.2) is 0 Å². The van der Waals surface area contributed by atoms with Crippen LogP contribution in [-0.4, -0.2) is 54.5 Å². The van der Waals surface area contributed by atoms with E-state index in [9.17, 15) is 14.4 Å². The lowest BCUT2D eigenvalue weighted by Gasteiger charge is -2.22. The van der Waals surface area contributed by atoms with Crippen LogP contribution in [0, 0.1) is 5.92 Å². The molecule has 3 fully saturated rings. The fourth-order valence-corrected chi connectivity index (χ4v) is 4.08. The van der Waals surface area contributed by atoms with Crippen LogP contribution in [0.25, 0.3) is 0 Å². The van der Waals surface area contributed by atoms with Gasteiger partial charge >= 0.3 is 6.03 Å². The number of halogens is 1. The average molecular weight is 373 g/mol. The summed E-state index contributed by atoms with van der Waals surface area (Å²) in [5, 5.41) is 9.11. The molecule has 4 amide bonds. The minimum Gasteiger partial charge on any atom is -0.356 e. The van der Waals surface area contributed by atoms with Gasteiger partial charge in [0.25, 0.3) is 5.91 Å². The number of hydrogen-bond donors (Lipinski definition) is 3. The molecule has 1 spiro atoms. The molecule has 2 heterocycles. The summed E-state index contributed by atoms with van der Waals surface area (Å²) in [4.78, 5) is 37.7. The number of urea groups is 1. The molecule has 1 saturated carbocycles. The van der Waals surface area contributed by atoms with Crippen LogP contribution in [0.1, 0.15) is 51.4 Å². The van der Waals surface area contributed by atoms with Gasteiger partial charge in [-0.25, -0.2) is 4.79 Å². The van der Waals surface area contributed by atoms with Crippen molar-refractivity contribution in [1.82, 2.24) is 20.9 Å². The van der Waals surface area contributed by atoms with Crippen molar-refractivity contribution in [3.63, 3.8) is 0 Å². The predicted octanol–water partition coefficient (Wildman–Crippen LogP) is 1.17. The fraction of sp³-hybridized carbons (Fsp3) is 0.824. The normalized spacial score (nSPS) is 25.0. The smallest absolute Gasteiger partial charge is 0.325 e. The van der Waals surface area contributed by atoms with Gasteiger partial charge in [0, 0.05) is 19.5 Å². The molecule has 2 saturated heterocycles. The summed E-state index contributed by atoms with van der Waals surface area (Å²) in [7, 11) is 0. The number of imide groups is 1. The second-order valence-electron chi connectivity index (χ2n) is 7.28. The summed E-state index contributed by atoms with van der Waals surface area (Å²) in [6, 6.07) is -0.344. The Morgan fingerprint density at radius 2 is 2.00 bits per heavy atom. The van der Waals surface area contributed by atoms with Crippen molar-refractivity contribution in [3.05, 3.63) is 0 Å². The lowest BCUT2D eigenvalue weighted by Crippen LogP contribution is -2.44. The zero-order valence-electron chi connectivity index (χ0n) is 14.6. The SMILES string of the molecule is Cl.O=C(CCN1C(=O)NC2(CCCC2)C1=O)NCCC1CCCNC1. The van der Waals surface area contributed by atoms with Gasteiger partial charge in [0.1, 0.15) is 5.54 Å². The zero-order chi connectivity index (χ0) is 17.0. The number of carbonyl (C=O) groups excluding carboxylic acids is 3. The van der Waals surface area contributed by atoms with E-state index in [1.54, 1.807) is 0 Å². The molecule has 0 radical (unpaired) electrons. The molecule has 1 unspecified atom stereocenters. The Bertz CT molecular complexity index is 502. The van der Waals surface area contributed by atoms with E-state index in [2.05, 4.69) is 16.0 Å². The van der Waals surface area contributed by atoms with Gasteiger partial charge in [-0.3, -0.25) is 14.5 Å². The molecular weight excluding hydrogens is 344 g/mol. The molecule has 0 bridgehead atoms. The van der Waals surface area contributed by atoms with Crippen molar-refractivity contribution < 1.29 is 14.4 Å². The van der Waals surface area contributed by atoms with Gasteiger partial charge in [-0.15, -0.1) is 12.4 Å². The summed E-state index contributed by atoms with van der Waals surface area (Å²) in [6.45, 7) is 2.95. The van der Waals surface area contributed by atoms with Crippen LogP contribution in [0.4, 0.5) is 4.79 Å². The molecule has 0 aromatic heterocycles. The first kappa shape index (κ1) is 20.0. The molecule has 1 aliphatic carbocycles. The molecule has 0 aromatic rings. The quantitative estimate of drug-likeness (QED) is 0.610. The molecule has 142 valence electrons. The molecule has 3 N–H and O–H groups in total. The lowest BCUT2D eigenvalue weighted by molar-refractivity contribution is -0.131. The average Bonchev–Trinajstić information content (AvgIpc) is 3.13. The van der Waals surface area contributed by atoms with Gasteiger partial charge in [-0.05, 0) is 51.1 Å². The van der Waals surface area contributed by atoms with Crippen molar-refractivity contribution in [3.8, 4) is 0 Å². The molecule has 2 aliphatic heterocycles. The maximum atomic E-state index is 12.5. The Balaban J connectivity index is 0.00000225. The molecule has 25 heavy (non-hydrogen) atoms. The Morgan fingerprint density at radius 1 is 1.24 bits per heavy atom. The second kappa shape index (κ2) is 8.85. The third-order valence-electron chi connectivity index (χ3n) is 5.54. The van der Waals surface area contributed by atoms with Gasteiger partial charge in [-0.2, -0.15) is 0 Å². The van der Waals surface area contributed by atoms with Crippen LogP contribution in [0.5, 0.6) is 0 Å². The molecule has 0 aromatic carbocycles. The van der Waals surface area contributed by atoms with E-state index in [1.807, 2.05) is 0 Å². The summed E-state index contributed by atoms with van der Waals surface area (Å²) in [5.41, 5.74) is -0.679. The van der Waals surface area contributed by atoms with Crippen LogP contribution in [-0.2, 0) is 9.59 Å². The largest absolute Gasteiger partial charge is 0.356 e. The highest BCUT2D eigenvalue weighted by Crippen LogP contribution is 2.34. The van der Waals surface area contributed by atoms with Crippen LogP contribution >= 0.6 is 12.4 Å². The van der Waals surface area contributed by atoms with E-state index in [0.29, 0.717) is 12.5 Å². The third kappa shape index (κ3) is 4.64. The Labute approximate surface area is 155 Å². The highest BCUT2D eigenvalue weighted by Gasteiger charge is 2.52. The molecular formula is C17H29ClN4O3. The molecule has 7 nitrogen and oxygen atoms in total. The first-order valence-corrected chi connectivity index (χ1v) is 9.22. The molecule has 3 rings (SSSR count). The van der Waals surface area contributed by atoms with Crippen molar-refractivity contribution in [2.45, 2.75) is 56.9 Å². The van der Waals surface area contributed by atoms with Crippen molar-refractivity contribution in [1.29, 1.82) is 0 Å². The summed E-state index contributed by atoms with van der Waals surface area (Å²) < 4.78 is 0. The Morgan fingerprint density at radius 3 is 2.68 bits per heavy atom. The van der Waals surface area contributed by atoms with Gasteiger partial charge in [0.15, 0.2) is 0 Å². The number of amides is 4. The number of rotatable bonds is 6. The highest BCUT2D eigenvalue weighted by molar-refractivity contribution is 6.07. The van der Waals surface area contributed by atoms with E-state index in [4.69, 9.17) is 0 Å². The van der Waals surface area contributed by atoms with Crippen molar-refractivity contribution in [2.75, 3.05) is 26.2 Å². The number of hydrogen-bond acceptors (Lipinski definition) is 4. The zero-order valence-corrected chi connectivity index (χ0v) is 15.5. The van der Waals surface area contributed by atoms with Gasteiger partial charge < -0.3 is 16.0 Å². The monoisotopic (exact) mass is 372 g/mol. The Kier molecular flexibility index (Phi) is 7.07. The molecule has 1 atom stereocenters. The van der Waals surface area contributed by atoms with Crippen LogP contribution < -0.4 is 16.0 Å². The lowest BCUT2D eigenvalue weighted by atomic mass is 9.96. The molecule has 3 aliphatic rings. The minimum atomic E-state index is -0.679. The van der Waals surface area contributed by atoms with Crippen molar-refractivity contribution in [2.24, 2.45) is 5.92 Å². The summed E-state index contributed by atoms with van der Waals surface area (Å²) in [6.07, 6.45) is 6.95.